The first kappa shape index (κ1) is 20.1. The molecule has 1 atom stereocenters. The first-order valence-electron chi connectivity index (χ1n) is 8.85. The van der Waals surface area contributed by atoms with Crippen LogP contribution in [0.2, 0.25) is 0 Å². The Morgan fingerprint density at radius 2 is 1.85 bits per heavy atom. The van der Waals surface area contributed by atoms with E-state index in [1.54, 1.807) is 6.92 Å². The van der Waals surface area contributed by atoms with E-state index in [0.717, 1.165) is 17.0 Å². The predicted molar refractivity (Wildman–Crippen MR) is 104 cm³/mol. The van der Waals surface area contributed by atoms with Crippen molar-refractivity contribution in [2.75, 3.05) is 6.61 Å². The highest BCUT2D eigenvalue weighted by Crippen LogP contribution is 2.28. The zero-order valence-corrected chi connectivity index (χ0v) is 16.8. The van der Waals surface area contributed by atoms with Gasteiger partial charge in [0, 0.05) is 11.6 Å². The summed E-state index contributed by atoms with van der Waals surface area (Å²) < 4.78 is 5.16. The van der Waals surface area contributed by atoms with Crippen molar-refractivity contribution in [1.29, 1.82) is 0 Å². The van der Waals surface area contributed by atoms with Gasteiger partial charge < -0.3 is 10.1 Å². The molecule has 2 aromatic rings. The molecule has 5 nitrogen and oxygen atoms in total. The molecule has 1 aromatic carbocycles. The zero-order valence-electron chi connectivity index (χ0n) is 16.0. The zero-order chi connectivity index (χ0) is 19.3. The summed E-state index contributed by atoms with van der Waals surface area (Å²) in [5.41, 5.74) is 2.84. The first-order chi connectivity index (χ1) is 12.3. The number of aryl methyl sites for hydroxylation is 2. The molecule has 0 unspecified atom stereocenters. The van der Waals surface area contributed by atoms with Gasteiger partial charge >= 0.3 is 5.97 Å². The van der Waals surface area contributed by atoms with E-state index in [4.69, 9.17) is 4.74 Å². The maximum absolute atomic E-state index is 12.3. The van der Waals surface area contributed by atoms with E-state index in [0.29, 0.717) is 16.5 Å². The van der Waals surface area contributed by atoms with Crippen molar-refractivity contribution in [2.45, 2.75) is 47.1 Å². The Labute approximate surface area is 158 Å². The Kier molecular flexibility index (Phi) is 6.91. The van der Waals surface area contributed by atoms with Gasteiger partial charge in [-0.25, -0.2) is 9.78 Å². The average molecular weight is 375 g/mol. The Morgan fingerprint density at radius 3 is 2.42 bits per heavy atom. The van der Waals surface area contributed by atoms with Crippen LogP contribution in [-0.4, -0.2) is 29.5 Å². The van der Waals surface area contributed by atoms with E-state index < -0.39 is 5.97 Å². The van der Waals surface area contributed by atoms with Crippen molar-refractivity contribution >= 4 is 23.2 Å². The normalized spacial score (nSPS) is 12.1. The van der Waals surface area contributed by atoms with Gasteiger partial charge in [0.25, 0.3) is 5.91 Å². The molecule has 1 N–H and O–H groups in total. The molecule has 0 saturated heterocycles. The highest BCUT2D eigenvalue weighted by atomic mass is 32.1. The van der Waals surface area contributed by atoms with Gasteiger partial charge in [0.1, 0.15) is 9.88 Å². The van der Waals surface area contributed by atoms with E-state index in [1.807, 2.05) is 32.9 Å². The van der Waals surface area contributed by atoms with Crippen molar-refractivity contribution in [3.8, 4) is 10.6 Å². The van der Waals surface area contributed by atoms with Gasteiger partial charge in [0.2, 0.25) is 0 Å². The lowest BCUT2D eigenvalue weighted by Gasteiger charge is -2.17. The molecule has 6 heteroatoms. The van der Waals surface area contributed by atoms with Gasteiger partial charge in [0.05, 0.1) is 5.69 Å². The number of nitrogens with zero attached hydrogens (tertiary/aromatic N) is 1. The highest BCUT2D eigenvalue weighted by molar-refractivity contribution is 7.17. The van der Waals surface area contributed by atoms with Crippen LogP contribution in [0.15, 0.2) is 24.3 Å². The first-order valence-corrected chi connectivity index (χ1v) is 9.66. The highest BCUT2D eigenvalue weighted by Gasteiger charge is 2.19. The van der Waals surface area contributed by atoms with Crippen LogP contribution in [0, 0.1) is 12.8 Å². The number of aromatic nitrogens is 1. The Morgan fingerprint density at radius 1 is 1.19 bits per heavy atom. The average Bonchev–Trinajstić information content (AvgIpc) is 3.01. The largest absolute Gasteiger partial charge is 0.451 e. The van der Waals surface area contributed by atoms with Gasteiger partial charge in [-0.1, -0.05) is 45.0 Å². The van der Waals surface area contributed by atoms with Crippen LogP contribution in [-0.2, 0) is 16.0 Å². The molecule has 1 aromatic heterocycles. The quantitative estimate of drug-likeness (QED) is 0.744. The van der Waals surface area contributed by atoms with Crippen LogP contribution < -0.4 is 5.32 Å². The Hall–Kier alpha value is -2.21. The van der Waals surface area contributed by atoms with Crippen LogP contribution in [0.4, 0.5) is 0 Å². The van der Waals surface area contributed by atoms with E-state index >= 15 is 0 Å². The molecule has 0 aliphatic heterocycles. The molecule has 1 amide bonds. The summed E-state index contributed by atoms with van der Waals surface area (Å²) in [5, 5.41) is 3.59. The molecule has 2 rings (SSSR count). The fraction of sp³-hybridized carbons (Fsp3) is 0.450. The van der Waals surface area contributed by atoms with Crippen molar-refractivity contribution < 1.29 is 14.3 Å². The number of nitrogens with one attached hydrogen (secondary N) is 1. The number of esters is 1. The van der Waals surface area contributed by atoms with Gasteiger partial charge in [-0.15, -0.1) is 11.3 Å². The second-order valence-corrected chi connectivity index (χ2v) is 7.66. The number of carbonyl (C=O) groups excluding carboxylic acids is 2. The smallest absolute Gasteiger partial charge is 0.350 e. The fourth-order valence-corrected chi connectivity index (χ4v) is 3.22. The standard InChI is InChI=1S/C20H26N2O3S/c1-6-15-7-9-16(10-8-15)19-22-14(5)18(26-19)20(24)25-11-17(23)21-13(4)12(2)3/h7-10,12-13H,6,11H2,1-5H3,(H,21,23)/t13-/m0/s1. The number of hydrogen-bond acceptors (Lipinski definition) is 5. The Bertz CT molecular complexity index is 766. The number of carbonyl (C=O) groups is 2. The van der Waals surface area contributed by atoms with E-state index in [2.05, 4.69) is 29.4 Å². The summed E-state index contributed by atoms with van der Waals surface area (Å²) in [6.45, 7) is 9.56. The minimum atomic E-state index is -0.510. The fourth-order valence-electron chi connectivity index (χ4n) is 2.25. The van der Waals surface area contributed by atoms with E-state index in [9.17, 15) is 9.59 Å². The van der Waals surface area contributed by atoms with Gasteiger partial charge in [-0.3, -0.25) is 4.79 Å². The minimum absolute atomic E-state index is 0.0315. The third kappa shape index (κ3) is 5.14. The van der Waals surface area contributed by atoms with Crippen molar-refractivity contribution in [3.05, 3.63) is 40.4 Å². The van der Waals surface area contributed by atoms with Crippen molar-refractivity contribution in [3.63, 3.8) is 0 Å². The lowest BCUT2D eigenvalue weighted by molar-refractivity contribution is -0.125. The lowest BCUT2D eigenvalue weighted by Crippen LogP contribution is -2.38. The number of thiazole rings is 1. The molecule has 0 radical (unpaired) electrons. The van der Waals surface area contributed by atoms with Crippen molar-refractivity contribution in [1.82, 2.24) is 10.3 Å². The molecule has 0 saturated carbocycles. The minimum Gasteiger partial charge on any atom is -0.451 e. The number of benzene rings is 1. The monoisotopic (exact) mass is 374 g/mol. The summed E-state index contributed by atoms with van der Waals surface area (Å²) in [5.74, 6) is -0.485. The van der Waals surface area contributed by atoms with Crippen LogP contribution in [0.3, 0.4) is 0 Å². The van der Waals surface area contributed by atoms with Crippen LogP contribution in [0.5, 0.6) is 0 Å². The summed E-state index contributed by atoms with van der Waals surface area (Å²) in [6, 6.07) is 8.16. The molecule has 0 aliphatic carbocycles. The van der Waals surface area contributed by atoms with E-state index in [1.165, 1.54) is 16.9 Å². The summed E-state index contributed by atoms with van der Waals surface area (Å²) in [7, 11) is 0. The second-order valence-electron chi connectivity index (χ2n) is 6.66. The van der Waals surface area contributed by atoms with E-state index in [-0.39, 0.29) is 18.6 Å². The van der Waals surface area contributed by atoms with Crippen LogP contribution in [0.1, 0.15) is 48.6 Å². The number of hydrogen-bond donors (Lipinski definition) is 1. The van der Waals surface area contributed by atoms with Gasteiger partial charge in [0.15, 0.2) is 6.61 Å². The SMILES string of the molecule is CCc1ccc(-c2nc(C)c(C(=O)OCC(=O)N[C@@H](C)C(C)C)s2)cc1. The summed E-state index contributed by atoms with van der Waals surface area (Å²) in [4.78, 5) is 29.1. The van der Waals surface area contributed by atoms with Gasteiger partial charge in [-0.05, 0) is 31.7 Å². The molecular formula is C20H26N2O3S. The third-order valence-corrected chi connectivity index (χ3v) is 5.50. The van der Waals surface area contributed by atoms with Crippen LogP contribution in [0.25, 0.3) is 10.6 Å². The molecule has 0 fully saturated rings. The maximum Gasteiger partial charge on any atom is 0.350 e. The number of ether oxygens (including phenoxy) is 1. The molecule has 26 heavy (non-hydrogen) atoms. The maximum atomic E-state index is 12.3. The second kappa shape index (κ2) is 8.94. The third-order valence-electron chi connectivity index (χ3n) is 4.31. The molecule has 0 aliphatic rings. The number of amides is 1. The molecule has 0 spiro atoms. The number of rotatable bonds is 7. The topological polar surface area (TPSA) is 68.3 Å². The summed E-state index contributed by atoms with van der Waals surface area (Å²) >= 11 is 1.29. The van der Waals surface area contributed by atoms with Gasteiger partial charge in [-0.2, -0.15) is 0 Å². The Balaban J connectivity index is 2.01. The predicted octanol–water partition coefficient (Wildman–Crippen LogP) is 4.00. The molecule has 140 valence electrons. The van der Waals surface area contributed by atoms with Crippen molar-refractivity contribution in [2.24, 2.45) is 5.92 Å². The van der Waals surface area contributed by atoms with Crippen LogP contribution >= 0.6 is 11.3 Å². The molecular weight excluding hydrogens is 348 g/mol. The molecule has 1 heterocycles. The molecule has 0 bridgehead atoms. The summed E-state index contributed by atoms with van der Waals surface area (Å²) in [6.07, 6.45) is 0.978. The lowest BCUT2D eigenvalue weighted by atomic mass is 10.1.